The van der Waals surface area contributed by atoms with Crippen molar-refractivity contribution in [3.8, 4) is 0 Å². The average molecular weight is 279 g/mol. The zero-order valence-electron chi connectivity index (χ0n) is 11.8. The van der Waals surface area contributed by atoms with Crippen LogP contribution in [0.1, 0.15) is 36.9 Å². The van der Waals surface area contributed by atoms with Gasteiger partial charge in [0.1, 0.15) is 5.82 Å². The van der Waals surface area contributed by atoms with Gasteiger partial charge in [-0.25, -0.2) is 0 Å². The summed E-state index contributed by atoms with van der Waals surface area (Å²) in [6, 6.07) is 0.618. The van der Waals surface area contributed by atoms with Crippen molar-refractivity contribution in [2.45, 2.75) is 50.8 Å². The maximum atomic E-state index is 9.92. The normalized spacial score (nSPS) is 30.1. The number of hydrogen-bond acceptors (Lipinski definition) is 5. The van der Waals surface area contributed by atoms with Gasteiger partial charge in [0.15, 0.2) is 5.84 Å². The lowest BCUT2D eigenvalue weighted by molar-refractivity contribution is 0.125. The van der Waals surface area contributed by atoms with Crippen molar-refractivity contribution < 1.29 is 10.3 Å². The average Bonchev–Trinajstić information content (AvgIpc) is 2.82. The van der Waals surface area contributed by atoms with Gasteiger partial charge in [0.05, 0.1) is 17.4 Å². The lowest BCUT2D eigenvalue weighted by atomic mass is 9.99. The molecule has 2 aliphatic heterocycles. The van der Waals surface area contributed by atoms with Crippen molar-refractivity contribution in [1.29, 1.82) is 0 Å². The molecule has 3 rings (SSSR count). The minimum atomic E-state index is -0.217. The van der Waals surface area contributed by atoms with Crippen molar-refractivity contribution in [2.75, 3.05) is 4.90 Å². The molecule has 2 saturated heterocycles. The highest BCUT2D eigenvalue weighted by Crippen LogP contribution is 2.41. The second-order valence-electron chi connectivity index (χ2n) is 5.81. The van der Waals surface area contributed by atoms with Gasteiger partial charge in [-0.3, -0.25) is 4.68 Å². The largest absolute Gasteiger partial charge is 0.409 e. The standard InChI is InChI=1S/C13H21N5O2/c1-7-11(12(14)16-20)13(17(2)15-7)18-8-3-4-9(18)6-10(19)5-8/h8-10,19-20H,3-6H2,1-2H3,(H2,14,16). The van der Waals surface area contributed by atoms with Gasteiger partial charge in [0.25, 0.3) is 0 Å². The van der Waals surface area contributed by atoms with Crippen LogP contribution in [-0.2, 0) is 7.05 Å². The van der Waals surface area contributed by atoms with Crippen LogP contribution >= 0.6 is 0 Å². The topological polar surface area (TPSA) is 99.9 Å². The molecule has 7 nitrogen and oxygen atoms in total. The number of rotatable bonds is 2. The van der Waals surface area contributed by atoms with Crippen LogP contribution < -0.4 is 10.6 Å². The molecule has 4 N–H and O–H groups in total. The summed E-state index contributed by atoms with van der Waals surface area (Å²) in [7, 11) is 1.88. The summed E-state index contributed by atoms with van der Waals surface area (Å²) in [5, 5.41) is 26.5. The van der Waals surface area contributed by atoms with Crippen molar-refractivity contribution >= 4 is 11.7 Å². The fraction of sp³-hybridized carbons (Fsp3) is 0.692. The molecule has 2 aliphatic rings. The number of aliphatic hydroxyl groups is 1. The quantitative estimate of drug-likeness (QED) is 0.313. The number of amidine groups is 1. The molecule has 2 fully saturated rings. The molecule has 110 valence electrons. The molecule has 0 amide bonds. The van der Waals surface area contributed by atoms with Gasteiger partial charge in [-0.1, -0.05) is 5.16 Å². The highest BCUT2D eigenvalue weighted by Gasteiger charge is 2.42. The number of aryl methyl sites for hydroxylation is 2. The van der Waals surface area contributed by atoms with Crippen LogP contribution in [0.3, 0.4) is 0 Å². The number of anilines is 1. The second-order valence-corrected chi connectivity index (χ2v) is 5.81. The Balaban J connectivity index is 2.07. The summed E-state index contributed by atoms with van der Waals surface area (Å²) in [4.78, 5) is 2.31. The molecule has 0 aliphatic carbocycles. The first-order valence-electron chi connectivity index (χ1n) is 7.00. The van der Waals surface area contributed by atoms with Crippen molar-refractivity contribution in [3.05, 3.63) is 11.3 Å². The molecule has 0 saturated carbocycles. The fourth-order valence-electron chi connectivity index (χ4n) is 3.79. The number of nitrogens with two attached hydrogens (primary N) is 1. The first-order chi connectivity index (χ1) is 9.52. The van der Waals surface area contributed by atoms with Crippen LogP contribution in [0.15, 0.2) is 5.16 Å². The van der Waals surface area contributed by atoms with Crippen molar-refractivity contribution in [1.82, 2.24) is 9.78 Å². The first kappa shape index (κ1) is 13.2. The van der Waals surface area contributed by atoms with E-state index in [2.05, 4.69) is 15.2 Å². The summed E-state index contributed by atoms with van der Waals surface area (Å²) >= 11 is 0. The van der Waals surface area contributed by atoms with Crippen LogP contribution in [0, 0.1) is 6.92 Å². The third-order valence-corrected chi connectivity index (χ3v) is 4.51. The highest BCUT2D eigenvalue weighted by molar-refractivity contribution is 6.02. The minimum Gasteiger partial charge on any atom is -0.409 e. The van der Waals surface area contributed by atoms with Crippen LogP contribution in [0.4, 0.5) is 5.82 Å². The predicted molar refractivity (Wildman–Crippen MR) is 75.0 cm³/mol. The van der Waals surface area contributed by atoms with Crippen molar-refractivity contribution in [2.24, 2.45) is 17.9 Å². The Morgan fingerprint density at radius 3 is 2.50 bits per heavy atom. The number of nitrogens with zero attached hydrogens (tertiary/aromatic N) is 4. The monoisotopic (exact) mass is 279 g/mol. The lowest BCUT2D eigenvalue weighted by Gasteiger charge is -2.39. The number of oxime groups is 1. The van der Waals surface area contributed by atoms with E-state index < -0.39 is 0 Å². The van der Waals surface area contributed by atoms with Crippen LogP contribution in [0.5, 0.6) is 0 Å². The third-order valence-electron chi connectivity index (χ3n) is 4.51. The Bertz CT molecular complexity index is 539. The third kappa shape index (κ3) is 1.84. The molecule has 7 heteroatoms. The molecule has 2 atom stereocenters. The van der Waals surface area contributed by atoms with E-state index in [1.807, 2.05) is 14.0 Å². The molecular formula is C13H21N5O2. The second kappa shape index (κ2) is 4.66. The summed E-state index contributed by atoms with van der Waals surface area (Å²) in [5.41, 5.74) is 7.28. The molecule has 0 radical (unpaired) electrons. The number of aliphatic hydroxyl groups excluding tert-OH is 1. The number of piperidine rings is 1. The lowest BCUT2D eigenvalue weighted by Crippen LogP contribution is -2.46. The Hall–Kier alpha value is -1.76. The zero-order valence-corrected chi connectivity index (χ0v) is 11.8. The van der Waals surface area contributed by atoms with E-state index in [0.717, 1.165) is 37.2 Å². The van der Waals surface area contributed by atoms with Crippen molar-refractivity contribution in [3.63, 3.8) is 0 Å². The molecule has 0 aromatic carbocycles. The van der Waals surface area contributed by atoms with E-state index >= 15 is 0 Å². The summed E-state index contributed by atoms with van der Waals surface area (Å²) < 4.78 is 1.80. The van der Waals surface area contributed by atoms with Gasteiger partial charge in [0, 0.05) is 19.1 Å². The van der Waals surface area contributed by atoms with Crippen LogP contribution in [0.2, 0.25) is 0 Å². The number of fused-ring (bicyclic) bond motifs is 2. The SMILES string of the molecule is Cc1nn(C)c(N2C3CCC2CC(O)C3)c1C(N)=NO. The summed E-state index contributed by atoms with van der Waals surface area (Å²) in [6.07, 6.45) is 3.47. The summed E-state index contributed by atoms with van der Waals surface area (Å²) in [5.74, 6) is 0.994. The smallest absolute Gasteiger partial charge is 0.175 e. The van der Waals surface area contributed by atoms with E-state index in [-0.39, 0.29) is 11.9 Å². The molecule has 2 unspecified atom stereocenters. The Morgan fingerprint density at radius 1 is 1.35 bits per heavy atom. The zero-order chi connectivity index (χ0) is 14.4. The summed E-state index contributed by atoms with van der Waals surface area (Å²) in [6.45, 7) is 1.86. The van der Waals surface area contributed by atoms with Gasteiger partial charge >= 0.3 is 0 Å². The van der Waals surface area contributed by atoms with Crippen LogP contribution in [0.25, 0.3) is 0 Å². The Labute approximate surface area is 117 Å². The predicted octanol–water partition coefficient (Wildman–Crippen LogP) is 0.315. The van der Waals surface area contributed by atoms with Gasteiger partial charge in [-0.2, -0.15) is 5.10 Å². The van der Waals surface area contributed by atoms with E-state index in [4.69, 9.17) is 10.9 Å². The maximum Gasteiger partial charge on any atom is 0.175 e. The first-order valence-corrected chi connectivity index (χ1v) is 7.00. The van der Waals surface area contributed by atoms with E-state index in [1.54, 1.807) is 4.68 Å². The van der Waals surface area contributed by atoms with E-state index in [1.165, 1.54) is 0 Å². The minimum absolute atomic E-state index is 0.0936. The number of aromatic nitrogens is 2. The molecule has 1 aromatic rings. The number of hydrogen-bond donors (Lipinski definition) is 3. The van der Waals surface area contributed by atoms with Gasteiger partial charge < -0.3 is 20.9 Å². The Kier molecular flexibility index (Phi) is 3.08. The van der Waals surface area contributed by atoms with Gasteiger partial charge in [-0.05, 0) is 32.6 Å². The van der Waals surface area contributed by atoms with Gasteiger partial charge in [0.2, 0.25) is 0 Å². The molecule has 20 heavy (non-hydrogen) atoms. The van der Waals surface area contributed by atoms with Crippen LogP contribution in [-0.4, -0.2) is 44.1 Å². The molecule has 3 heterocycles. The maximum absolute atomic E-state index is 9.92. The fourth-order valence-corrected chi connectivity index (χ4v) is 3.79. The van der Waals surface area contributed by atoms with E-state index in [9.17, 15) is 5.11 Å². The molecule has 1 aromatic heterocycles. The van der Waals surface area contributed by atoms with E-state index in [0.29, 0.717) is 17.6 Å². The molecule has 0 spiro atoms. The highest BCUT2D eigenvalue weighted by atomic mass is 16.4. The molecular weight excluding hydrogens is 258 g/mol. The Morgan fingerprint density at radius 2 is 1.95 bits per heavy atom. The molecule has 2 bridgehead atoms. The van der Waals surface area contributed by atoms with Gasteiger partial charge in [-0.15, -0.1) is 0 Å².